The van der Waals surface area contributed by atoms with Gasteiger partial charge in [-0.2, -0.15) is 13.2 Å². The van der Waals surface area contributed by atoms with E-state index in [1.165, 1.54) is 0 Å². The Kier molecular flexibility index (Phi) is 5.51. The molecule has 1 heterocycles. The average molecular weight is 240 g/mol. The van der Waals surface area contributed by atoms with Crippen LogP contribution in [0.25, 0.3) is 0 Å². The first-order valence-corrected chi connectivity index (χ1v) is 5.55. The number of methoxy groups -OCH3 is 1. The molecule has 16 heavy (non-hydrogen) atoms. The number of rotatable bonds is 6. The van der Waals surface area contributed by atoms with Crippen LogP contribution in [-0.2, 0) is 4.74 Å². The van der Waals surface area contributed by atoms with Crippen molar-refractivity contribution >= 4 is 0 Å². The third-order valence-corrected chi connectivity index (χ3v) is 2.72. The number of ether oxygens (including phenoxy) is 1. The number of halogens is 3. The molecule has 0 radical (unpaired) electrons. The summed E-state index contributed by atoms with van der Waals surface area (Å²) in [4.78, 5) is 0. The fourth-order valence-electron chi connectivity index (χ4n) is 1.81. The molecule has 1 rings (SSSR count). The maximum atomic E-state index is 11.8. The molecule has 0 aromatic carbocycles. The second kappa shape index (κ2) is 6.42. The maximum absolute atomic E-state index is 11.8. The molecule has 96 valence electrons. The summed E-state index contributed by atoms with van der Waals surface area (Å²) in [6, 6.07) is 0.316. The van der Waals surface area contributed by atoms with Crippen molar-refractivity contribution in [3.8, 4) is 0 Å². The predicted octanol–water partition coefficient (Wildman–Crippen LogP) is 1.30. The summed E-state index contributed by atoms with van der Waals surface area (Å²) in [6.07, 6.45) is -3.44. The number of hydrogen-bond donors (Lipinski definition) is 2. The van der Waals surface area contributed by atoms with Crippen molar-refractivity contribution in [3.63, 3.8) is 0 Å². The summed E-state index contributed by atoms with van der Waals surface area (Å²) in [5.74, 6) is 0. The van der Waals surface area contributed by atoms with Gasteiger partial charge in [-0.3, -0.25) is 0 Å². The molecule has 1 saturated heterocycles. The molecule has 1 aliphatic heterocycles. The molecule has 0 saturated carbocycles. The van der Waals surface area contributed by atoms with Crippen LogP contribution in [0.2, 0.25) is 0 Å². The van der Waals surface area contributed by atoms with Gasteiger partial charge in [0.1, 0.15) is 0 Å². The second-order valence-corrected chi connectivity index (χ2v) is 4.12. The number of hydrogen-bond acceptors (Lipinski definition) is 3. The Morgan fingerprint density at radius 2 is 2.19 bits per heavy atom. The van der Waals surface area contributed by atoms with Crippen molar-refractivity contribution in [2.24, 2.45) is 0 Å². The lowest BCUT2D eigenvalue weighted by Crippen LogP contribution is -2.34. The van der Waals surface area contributed by atoms with E-state index < -0.39 is 12.6 Å². The van der Waals surface area contributed by atoms with E-state index in [1.54, 1.807) is 7.11 Å². The van der Waals surface area contributed by atoms with E-state index in [2.05, 4.69) is 10.6 Å². The molecule has 2 unspecified atom stereocenters. The van der Waals surface area contributed by atoms with E-state index in [0.29, 0.717) is 19.1 Å². The normalized spacial score (nSPS) is 26.2. The topological polar surface area (TPSA) is 33.3 Å². The molecule has 0 aliphatic carbocycles. The van der Waals surface area contributed by atoms with Gasteiger partial charge in [0.2, 0.25) is 0 Å². The molecule has 2 atom stereocenters. The molecule has 1 aliphatic rings. The van der Waals surface area contributed by atoms with Crippen molar-refractivity contribution in [2.75, 3.05) is 26.7 Å². The number of alkyl halides is 3. The fourth-order valence-corrected chi connectivity index (χ4v) is 1.81. The van der Waals surface area contributed by atoms with Gasteiger partial charge >= 0.3 is 6.18 Å². The van der Waals surface area contributed by atoms with Crippen LogP contribution in [0.3, 0.4) is 0 Å². The maximum Gasteiger partial charge on any atom is 0.389 e. The lowest BCUT2D eigenvalue weighted by atomic mass is 10.2. The van der Waals surface area contributed by atoms with Gasteiger partial charge in [-0.1, -0.05) is 0 Å². The zero-order chi connectivity index (χ0) is 12.0. The third kappa shape index (κ3) is 5.67. The van der Waals surface area contributed by atoms with Gasteiger partial charge < -0.3 is 15.4 Å². The molecule has 3 nitrogen and oxygen atoms in total. The lowest BCUT2D eigenvalue weighted by molar-refractivity contribution is -0.135. The zero-order valence-corrected chi connectivity index (χ0v) is 9.44. The van der Waals surface area contributed by atoms with Crippen LogP contribution in [0.5, 0.6) is 0 Å². The molecule has 0 spiro atoms. The van der Waals surface area contributed by atoms with E-state index >= 15 is 0 Å². The van der Waals surface area contributed by atoms with Gasteiger partial charge in [0.25, 0.3) is 0 Å². The SMILES string of the molecule is COC1CNC(CNCCCC(F)(F)F)C1. The van der Waals surface area contributed by atoms with Gasteiger partial charge in [-0.25, -0.2) is 0 Å². The molecule has 1 fully saturated rings. The van der Waals surface area contributed by atoms with Crippen molar-refractivity contribution in [1.29, 1.82) is 0 Å². The highest BCUT2D eigenvalue weighted by Crippen LogP contribution is 2.20. The second-order valence-electron chi connectivity index (χ2n) is 4.12. The predicted molar refractivity (Wildman–Crippen MR) is 55.4 cm³/mol. The quantitative estimate of drug-likeness (QED) is 0.686. The summed E-state index contributed by atoms with van der Waals surface area (Å²) in [7, 11) is 1.67. The largest absolute Gasteiger partial charge is 0.389 e. The van der Waals surface area contributed by atoms with Gasteiger partial charge in [0.15, 0.2) is 0 Å². The molecule has 0 amide bonds. The Bertz CT molecular complexity index is 199. The van der Waals surface area contributed by atoms with Gasteiger partial charge in [-0.05, 0) is 19.4 Å². The first kappa shape index (κ1) is 13.7. The van der Waals surface area contributed by atoms with E-state index in [-0.39, 0.29) is 12.5 Å². The minimum atomic E-state index is -4.03. The van der Waals surface area contributed by atoms with Crippen molar-refractivity contribution < 1.29 is 17.9 Å². The highest BCUT2D eigenvalue weighted by molar-refractivity contribution is 4.83. The Hall–Kier alpha value is -0.330. The Balaban J connectivity index is 1.96. The number of nitrogens with one attached hydrogen (secondary N) is 2. The first-order chi connectivity index (χ1) is 7.51. The van der Waals surface area contributed by atoms with Crippen LogP contribution in [0.4, 0.5) is 13.2 Å². The molecule has 2 N–H and O–H groups in total. The van der Waals surface area contributed by atoms with Gasteiger partial charge in [0, 0.05) is 32.7 Å². The van der Waals surface area contributed by atoms with E-state index in [9.17, 15) is 13.2 Å². The highest BCUT2D eigenvalue weighted by atomic mass is 19.4. The van der Waals surface area contributed by atoms with Crippen LogP contribution in [0.1, 0.15) is 19.3 Å². The summed E-state index contributed by atoms with van der Waals surface area (Å²) in [6.45, 7) is 1.94. The van der Waals surface area contributed by atoms with Crippen LogP contribution in [0, 0.1) is 0 Å². The Morgan fingerprint density at radius 1 is 1.44 bits per heavy atom. The molecule has 0 aromatic heterocycles. The minimum Gasteiger partial charge on any atom is -0.380 e. The Labute approximate surface area is 93.7 Å². The van der Waals surface area contributed by atoms with Crippen LogP contribution in [-0.4, -0.2) is 45.1 Å². The van der Waals surface area contributed by atoms with E-state index in [4.69, 9.17) is 4.74 Å². The fraction of sp³-hybridized carbons (Fsp3) is 1.00. The molecular weight excluding hydrogens is 221 g/mol. The van der Waals surface area contributed by atoms with Crippen molar-refractivity contribution in [1.82, 2.24) is 10.6 Å². The van der Waals surface area contributed by atoms with Gasteiger partial charge in [0.05, 0.1) is 6.10 Å². The summed E-state index contributed by atoms with van der Waals surface area (Å²) < 4.78 is 40.6. The van der Waals surface area contributed by atoms with Crippen LogP contribution >= 0.6 is 0 Å². The smallest absolute Gasteiger partial charge is 0.380 e. The van der Waals surface area contributed by atoms with Crippen LogP contribution in [0.15, 0.2) is 0 Å². The average Bonchev–Trinajstić information content (AvgIpc) is 2.63. The highest BCUT2D eigenvalue weighted by Gasteiger charge is 2.26. The van der Waals surface area contributed by atoms with E-state index in [1.807, 2.05) is 0 Å². The molecule has 6 heteroatoms. The minimum absolute atomic E-state index is 0.143. The summed E-state index contributed by atoms with van der Waals surface area (Å²) in [5.41, 5.74) is 0. The van der Waals surface area contributed by atoms with Crippen molar-refractivity contribution in [3.05, 3.63) is 0 Å². The summed E-state index contributed by atoms with van der Waals surface area (Å²) >= 11 is 0. The monoisotopic (exact) mass is 240 g/mol. The van der Waals surface area contributed by atoms with Crippen molar-refractivity contribution in [2.45, 2.75) is 37.6 Å². The lowest BCUT2D eigenvalue weighted by Gasteiger charge is -2.12. The zero-order valence-electron chi connectivity index (χ0n) is 9.44. The van der Waals surface area contributed by atoms with E-state index in [0.717, 1.165) is 13.0 Å². The third-order valence-electron chi connectivity index (χ3n) is 2.72. The Morgan fingerprint density at radius 3 is 2.75 bits per heavy atom. The van der Waals surface area contributed by atoms with Crippen LogP contribution < -0.4 is 10.6 Å². The first-order valence-electron chi connectivity index (χ1n) is 5.55. The molecule has 0 aromatic rings. The van der Waals surface area contributed by atoms with Gasteiger partial charge in [-0.15, -0.1) is 0 Å². The summed E-state index contributed by atoms with van der Waals surface area (Å²) in [5, 5.41) is 6.28. The molecular formula is C10H19F3N2O. The standard InChI is InChI=1S/C10H19F3N2O/c1-16-9-5-8(15-7-9)6-14-4-2-3-10(11,12)13/h8-9,14-15H,2-7H2,1H3. The molecule has 0 bridgehead atoms.